The number of fused-ring (bicyclic) bond motifs is 1. The van der Waals surface area contributed by atoms with Crippen LogP contribution in [0.1, 0.15) is 23.4 Å². The monoisotopic (exact) mass is 361 g/mol. The van der Waals surface area contributed by atoms with Gasteiger partial charge in [-0.1, -0.05) is 36.4 Å². The predicted molar refractivity (Wildman–Crippen MR) is 104 cm³/mol. The van der Waals surface area contributed by atoms with E-state index < -0.39 is 0 Å². The van der Waals surface area contributed by atoms with E-state index in [4.69, 9.17) is 4.74 Å². The quantitative estimate of drug-likeness (QED) is 0.774. The topological polar surface area (TPSA) is 56.2 Å². The van der Waals surface area contributed by atoms with Gasteiger partial charge in [0.25, 0.3) is 0 Å². The second-order valence-corrected chi connectivity index (χ2v) is 6.84. The molecule has 0 saturated carbocycles. The van der Waals surface area contributed by atoms with Gasteiger partial charge in [0.05, 0.1) is 12.3 Å². The van der Waals surface area contributed by atoms with Crippen molar-refractivity contribution in [1.82, 2.24) is 14.9 Å². The van der Waals surface area contributed by atoms with E-state index in [0.29, 0.717) is 19.6 Å². The molecule has 1 atom stereocenters. The van der Waals surface area contributed by atoms with Gasteiger partial charge in [-0.05, 0) is 43.0 Å². The van der Waals surface area contributed by atoms with Crippen molar-refractivity contribution in [2.24, 2.45) is 5.92 Å². The summed E-state index contributed by atoms with van der Waals surface area (Å²) in [6, 6.07) is 16.1. The standard InChI is InChI=1S/C22H23N3O2/c1-16-23-11-12-25(16)20-8-4-2-7-19(20)15-24-22(26)18-10-13-27-21-9-5-3-6-17(21)14-18/h2-9,11-12,18H,10,13-15H2,1H3,(H,24,26)/t18-/m1/s1. The largest absolute Gasteiger partial charge is 0.493 e. The van der Waals surface area contributed by atoms with E-state index >= 15 is 0 Å². The molecule has 0 radical (unpaired) electrons. The van der Waals surface area contributed by atoms with Gasteiger partial charge in [0.2, 0.25) is 5.91 Å². The van der Waals surface area contributed by atoms with Crippen LogP contribution < -0.4 is 10.1 Å². The number of imidazole rings is 1. The third kappa shape index (κ3) is 3.72. The number of benzene rings is 2. The average Bonchev–Trinajstić information content (AvgIpc) is 2.99. The summed E-state index contributed by atoms with van der Waals surface area (Å²) in [5.41, 5.74) is 3.21. The van der Waals surface area contributed by atoms with E-state index in [1.165, 1.54) is 0 Å². The molecule has 5 heteroatoms. The van der Waals surface area contributed by atoms with Gasteiger partial charge in [-0.15, -0.1) is 0 Å². The molecule has 0 saturated heterocycles. The lowest BCUT2D eigenvalue weighted by Gasteiger charge is -2.16. The fourth-order valence-corrected chi connectivity index (χ4v) is 3.57. The summed E-state index contributed by atoms with van der Waals surface area (Å²) in [4.78, 5) is 17.1. The zero-order valence-electron chi connectivity index (χ0n) is 15.4. The second kappa shape index (κ2) is 7.66. The van der Waals surface area contributed by atoms with Crippen molar-refractivity contribution >= 4 is 5.91 Å². The molecule has 0 spiro atoms. The number of carbonyl (C=O) groups is 1. The van der Waals surface area contributed by atoms with Crippen molar-refractivity contribution in [3.05, 3.63) is 77.9 Å². The maximum Gasteiger partial charge on any atom is 0.223 e. The summed E-state index contributed by atoms with van der Waals surface area (Å²) in [5, 5.41) is 3.12. The van der Waals surface area contributed by atoms with Gasteiger partial charge in [0.1, 0.15) is 11.6 Å². The molecule has 2 heterocycles. The molecule has 1 aliphatic heterocycles. The molecule has 5 nitrogen and oxygen atoms in total. The first-order valence-corrected chi connectivity index (χ1v) is 9.29. The van der Waals surface area contributed by atoms with Crippen LogP contribution in [0.25, 0.3) is 5.69 Å². The summed E-state index contributed by atoms with van der Waals surface area (Å²) in [6.07, 6.45) is 5.16. The number of hydrogen-bond donors (Lipinski definition) is 1. The van der Waals surface area contributed by atoms with Crippen LogP contribution in [0, 0.1) is 12.8 Å². The third-order valence-corrected chi connectivity index (χ3v) is 5.06. The van der Waals surface area contributed by atoms with Gasteiger partial charge in [-0.2, -0.15) is 0 Å². The Morgan fingerprint density at radius 1 is 1.22 bits per heavy atom. The molecule has 1 aliphatic rings. The molecular weight excluding hydrogens is 338 g/mol. The Morgan fingerprint density at radius 2 is 2.04 bits per heavy atom. The Balaban J connectivity index is 1.47. The van der Waals surface area contributed by atoms with E-state index in [-0.39, 0.29) is 11.8 Å². The number of carbonyl (C=O) groups excluding carboxylic acids is 1. The number of hydrogen-bond acceptors (Lipinski definition) is 3. The molecule has 27 heavy (non-hydrogen) atoms. The molecule has 3 aromatic rings. The Kier molecular flexibility index (Phi) is 4.92. The van der Waals surface area contributed by atoms with Crippen molar-refractivity contribution < 1.29 is 9.53 Å². The highest BCUT2D eigenvalue weighted by Crippen LogP contribution is 2.26. The van der Waals surface area contributed by atoms with Crippen LogP contribution in [0.15, 0.2) is 60.9 Å². The van der Waals surface area contributed by atoms with Gasteiger partial charge < -0.3 is 14.6 Å². The molecule has 2 aromatic carbocycles. The zero-order valence-corrected chi connectivity index (χ0v) is 15.4. The SMILES string of the molecule is Cc1nccn1-c1ccccc1CNC(=O)[C@@H]1CCOc2ccccc2C1. The second-order valence-electron chi connectivity index (χ2n) is 6.84. The maximum absolute atomic E-state index is 12.8. The fraction of sp³-hybridized carbons (Fsp3) is 0.273. The summed E-state index contributed by atoms with van der Waals surface area (Å²) in [6.45, 7) is 3.03. The van der Waals surface area contributed by atoms with E-state index in [2.05, 4.69) is 10.3 Å². The molecule has 4 rings (SSSR count). The van der Waals surface area contributed by atoms with Gasteiger partial charge in [0, 0.05) is 24.9 Å². The number of amides is 1. The van der Waals surface area contributed by atoms with Crippen LogP contribution in [0.3, 0.4) is 0 Å². The number of aromatic nitrogens is 2. The van der Waals surface area contributed by atoms with Crippen LogP contribution in [0.2, 0.25) is 0 Å². The van der Waals surface area contributed by atoms with Crippen molar-refractivity contribution in [2.75, 3.05) is 6.61 Å². The normalized spacial score (nSPS) is 16.1. The number of para-hydroxylation sites is 2. The molecule has 138 valence electrons. The van der Waals surface area contributed by atoms with E-state index in [1.807, 2.05) is 66.2 Å². The van der Waals surface area contributed by atoms with Crippen molar-refractivity contribution in [1.29, 1.82) is 0 Å². The summed E-state index contributed by atoms with van der Waals surface area (Å²) in [5.74, 6) is 1.82. The first kappa shape index (κ1) is 17.3. The van der Waals surface area contributed by atoms with Crippen LogP contribution in [-0.2, 0) is 17.8 Å². The molecule has 1 amide bonds. The van der Waals surface area contributed by atoms with Gasteiger partial charge in [-0.3, -0.25) is 4.79 Å². The van der Waals surface area contributed by atoms with Crippen LogP contribution in [0.4, 0.5) is 0 Å². The van der Waals surface area contributed by atoms with Gasteiger partial charge in [0.15, 0.2) is 0 Å². The number of aryl methyl sites for hydroxylation is 1. The van der Waals surface area contributed by atoms with Crippen molar-refractivity contribution in [2.45, 2.75) is 26.3 Å². The Hall–Kier alpha value is -3.08. The first-order chi connectivity index (χ1) is 13.2. The lowest BCUT2D eigenvalue weighted by molar-refractivity contribution is -0.125. The highest BCUT2D eigenvalue weighted by Gasteiger charge is 2.23. The number of ether oxygens (including phenoxy) is 1. The molecule has 0 bridgehead atoms. The Morgan fingerprint density at radius 3 is 2.89 bits per heavy atom. The van der Waals surface area contributed by atoms with E-state index in [9.17, 15) is 4.79 Å². The molecule has 0 aliphatic carbocycles. The molecular formula is C22H23N3O2. The summed E-state index contributed by atoms with van der Waals surface area (Å²) >= 11 is 0. The van der Waals surface area contributed by atoms with Crippen molar-refractivity contribution in [3.63, 3.8) is 0 Å². The molecule has 1 aromatic heterocycles. The molecule has 0 unspecified atom stereocenters. The Bertz CT molecular complexity index is 948. The van der Waals surface area contributed by atoms with Gasteiger partial charge >= 0.3 is 0 Å². The Labute approximate surface area is 159 Å². The summed E-state index contributed by atoms with van der Waals surface area (Å²) < 4.78 is 7.82. The van der Waals surface area contributed by atoms with E-state index in [1.54, 1.807) is 6.20 Å². The number of rotatable bonds is 4. The molecule has 0 fully saturated rings. The zero-order chi connectivity index (χ0) is 18.6. The van der Waals surface area contributed by atoms with Crippen LogP contribution >= 0.6 is 0 Å². The minimum absolute atomic E-state index is 0.0733. The van der Waals surface area contributed by atoms with Gasteiger partial charge in [-0.25, -0.2) is 4.98 Å². The maximum atomic E-state index is 12.8. The summed E-state index contributed by atoms with van der Waals surface area (Å²) in [7, 11) is 0. The van der Waals surface area contributed by atoms with Crippen LogP contribution in [-0.4, -0.2) is 22.1 Å². The highest BCUT2D eigenvalue weighted by atomic mass is 16.5. The fourth-order valence-electron chi connectivity index (χ4n) is 3.57. The smallest absolute Gasteiger partial charge is 0.223 e. The molecule has 1 N–H and O–H groups in total. The first-order valence-electron chi connectivity index (χ1n) is 9.29. The minimum Gasteiger partial charge on any atom is -0.493 e. The average molecular weight is 361 g/mol. The lowest BCUT2D eigenvalue weighted by Crippen LogP contribution is -2.32. The lowest BCUT2D eigenvalue weighted by atomic mass is 9.96. The van der Waals surface area contributed by atoms with Crippen molar-refractivity contribution in [3.8, 4) is 11.4 Å². The predicted octanol–water partition coefficient (Wildman–Crippen LogP) is 3.44. The number of nitrogens with one attached hydrogen (secondary N) is 1. The third-order valence-electron chi connectivity index (χ3n) is 5.06. The number of nitrogens with zero attached hydrogens (tertiary/aromatic N) is 2. The highest BCUT2D eigenvalue weighted by molar-refractivity contribution is 5.79. The minimum atomic E-state index is -0.0733. The van der Waals surface area contributed by atoms with Crippen LogP contribution in [0.5, 0.6) is 5.75 Å². The van der Waals surface area contributed by atoms with E-state index in [0.717, 1.165) is 34.8 Å².